The molecule has 1 aromatic carbocycles. The fourth-order valence-electron chi connectivity index (χ4n) is 0.749. The molecule has 0 aliphatic heterocycles. The van der Waals surface area contributed by atoms with Gasteiger partial charge in [-0.05, 0) is 25.1 Å². The maximum absolute atomic E-state index is 5.72. The number of hydrogen-bond acceptors (Lipinski definition) is 1. The second kappa shape index (κ2) is 5.01. The van der Waals surface area contributed by atoms with Crippen molar-refractivity contribution in [1.29, 1.82) is 0 Å². The molecule has 0 amide bonds. The second-order valence-electron chi connectivity index (χ2n) is 2.23. The molecule has 0 heterocycles. The molecular weight excluding hydrogens is 195 g/mol. The van der Waals surface area contributed by atoms with Gasteiger partial charge in [-0.2, -0.15) is 0 Å². The van der Waals surface area contributed by atoms with E-state index in [1.165, 1.54) is 0 Å². The highest BCUT2D eigenvalue weighted by atomic mass is 35.5. The summed E-state index contributed by atoms with van der Waals surface area (Å²) in [4.78, 5) is 4.03. The predicted molar refractivity (Wildman–Crippen MR) is 55.7 cm³/mol. The van der Waals surface area contributed by atoms with E-state index in [9.17, 15) is 0 Å². The Bertz CT molecular complexity index is 280. The van der Waals surface area contributed by atoms with Gasteiger partial charge in [0.15, 0.2) is 0 Å². The zero-order chi connectivity index (χ0) is 8.27. The van der Waals surface area contributed by atoms with Crippen LogP contribution in [-0.4, -0.2) is 5.84 Å². The highest BCUT2D eigenvalue weighted by Crippen LogP contribution is 2.17. The van der Waals surface area contributed by atoms with Crippen molar-refractivity contribution < 1.29 is 0 Å². The van der Waals surface area contributed by atoms with Gasteiger partial charge < -0.3 is 5.73 Å². The first kappa shape index (κ1) is 11.3. The topological polar surface area (TPSA) is 38.4 Å². The van der Waals surface area contributed by atoms with Crippen molar-refractivity contribution in [3.63, 3.8) is 0 Å². The number of benzene rings is 1. The number of nitrogens with zero attached hydrogens (tertiary/aromatic N) is 1. The van der Waals surface area contributed by atoms with Crippen LogP contribution in [0.25, 0.3) is 0 Å². The normalized spacial score (nSPS) is 10.7. The molecule has 0 atom stereocenters. The van der Waals surface area contributed by atoms with Crippen LogP contribution in [0, 0.1) is 0 Å². The van der Waals surface area contributed by atoms with Gasteiger partial charge in [0, 0.05) is 5.02 Å². The summed E-state index contributed by atoms with van der Waals surface area (Å²) in [5, 5.41) is 0.674. The number of amidine groups is 1. The Balaban J connectivity index is 0.00000121. The van der Waals surface area contributed by atoms with Gasteiger partial charge >= 0.3 is 0 Å². The van der Waals surface area contributed by atoms with E-state index in [1.54, 1.807) is 19.1 Å². The molecule has 0 aliphatic rings. The molecule has 2 N–H and O–H groups in total. The third-order valence-electron chi connectivity index (χ3n) is 1.11. The predicted octanol–water partition coefficient (Wildman–Crippen LogP) is 2.77. The minimum absolute atomic E-state index is 0. The average molecular weight is 205 g/mol. The minimum Gasteiger partial charge on any atom is -0.387 e. The van der Waals surface area contributed by atoms with Crippen LogP contribution in [0.5, 0.6) is 0 Å². The zero-order valence-corrected chi connectivity index (χ0v) is 8.19. The van der Waals surface area contributed by atoms with Crippen LogP contribution in [-0.2, 0) is 0 Å². The Hall–Kier alpha value is -0.730. The fraction of sp³-hybridized carbons (Fsp3) is 0.125. The van der Waals surface area contributed by atoms with Crippen molar-refractivity contribution in [2.45, 2.75) is 6.92 Å². The van der Waals surface area contributed by atoms with Crippen LogP contribution in [0.3, 0.4) is 0 Å². The van der Waals surface area contributed by atoms with E-state index in [2.05, 4.69) is 4.99 Å². The van der Waals surface area contributed by atoms with Gasteiger partial charge in [-0.25, -0.2) is 4.99 Å². The van der Waals surface area contributed by atoms with E-state index in [0.29, 0.717) is 10.9 Å². The Morgan fingerprint density at radius 3 is 2.67 bits per heavy atom. The third-order valence-corrected chi connectivity index (χ3v) is 1.35. The van der Waals surface area contributed by atoms with E-state index in [-0.39, 0.29) is 12.4 Å². The summed E-state index contributed by atoms with van der Waals surface area (Å²) in [6, 6.07) is 7.25. The zero-order valence-electron chi connectivity index (χ0n) is 6.62. The van der Waals surface area contributed by atoms with Crippen molar-refractivity contribution in [2.75, 3.05) is 0 Å². The molecule has 0 saturated heterocycles. The van der Waals surface area contributed by atoms with Crippen LogP contribution in [0.4, 0.5) is 5.69 Å². The largest absolute Gasteiger partial charge is 0.387 e. The summed E-state index contributed by atoms with van der Waals surface area (Å²) in [5.41, 5.74) is 6.17. The lowest BCUT2D eigenvalue weighted by Gasteiger charge is -1.94. The summed E-state index contributed by atoms with van der Waals surface area (Å²) in [5.74, 6) is 0.535. The Labute approximate surface area is 82.9 Å². The first-order chi connectivity index (χ1) is 5.18. The van der Waals surface area contributed by atoms with Gasteiger partial charge in [-0.1, -0.05) is 17.7 Å². The van der Waals surface area contributed by atoms with Gasteiger partial charge in [-0.3, -0.25) is 0 Å². The number of rotatable bonds is 1. The van der Waals surface area contributed by atoms with Crippen LogP contribution >= 0.6 is 24.0 Å². The van der Waals surface area contributed by atoms with E-state index < -0.39 is 0 Å². The summed E-state index contributed by atoms with van der Waals surface area (Å²) >= 11 is 5.72. The van der Waals surface area contributed by atoms with Gasteiger partial charge in [0.25, 0.3) is 0 Å². The third kappa shape index (κ3) is 3.60. The van der Waals surface area contributed by atoms with Crippen molar-refractivity contribution in [1.82, 2.24) is 0 Å². The maximum atomic E-state index is 5.72. The van der Waals surface area contributed by atoms with E-state index in [4.69, 9.17) is 17.3 Å². The van der Waals surface area contributed by atoms with Gasteiger partial charge in [0.05, 0.1) is 11.5 Å². The summed E-state index contributed by atoms with van der Waals surface area (Å²) < 4.78 is 0. The number of aliphatic imine (C=N–C) groups is 1. The molecule has 1 rings (SSSR count). The molecule has 1 aromatic rings. The lowest BCUT2D eigenvalue weighted by Crippen LogP contribution is -2.03. The van der Waals surface area contributed by atoms with Crippen molar-refractivity contribution in [3.05, 3.63) is 29.3 Å². The molecule has 0 aliphatic carbocycles. The molecule has 4 heteroatoms. The monoisotopic (exact) mass is 204 g/mol. The van der Waals surface area contributed by atoms with Crippen molar-refractivity contribution >= 4 is 35.5 Å². The standard InChI is InChI=1S/C8H9ClN2.ClH/c1-6(10)11-8-4-2-3-7(9)5-8;/h2-5H,1H3,(H2,10,11);1H. The smallest absolute Gasteiger partial charge is 0.0964 e. The molecule has 12 heavy (non-hydrogen) atoms. The molecule has 2 nitrogen and oxygen atoms in total. The van der Waals surface area contributed by atoms with E-state index in [1.807, 2.05) is 12.1 Å². The van der Waals surface area contributed by atoms with Crippen LogP contribution < -0.4 is 5.73 Å². The van der Waals surface area contributed by atoms with Crippen LogP contribution in [0.2, 0.25) is 5.02 Å². The molecule has 0 unspecified atom stereocenters. The molecule has 0 saturated carbocycles. The van der Waals surface area contributed by atoms with E-state index >= 15 is 0 Å². The van der Waals surface area contributed by atoms with Crippen molar-refractivity contribution in [2.24, 2.45) is 10.7 Å². The minimum atomic E-state index is 0. The number of hydrogen-bond donors (Lipinski definition) is 1. The summed E-state index contributed by atoms with van der Waals surface area (Å²) in [6.07, 6.45) is 0. The average Bonchev–Trinajstić information content (AvgIpc) is 1.85. The van der Waals surface area contributed by atoms with Gasteiger partial charge in [-0.15, -0.1) is 12.4 Å². The quantitative estimate of drug-likeness (QED) is 0.555. The molecule has 0 radical (unpaired) electrons. The lowest BCUT2D eigenvalue weighted by atomic mass is 10.3. The SMILES string of the molecule is CC(N)=Nc1cccc(Cl)c1.Cl. The van der Waals surface area contributed by atoms with Gasteiger partial charge in [0.1, 0.15) is 0 Å². The molecule has 0 spiro atoms. The van der Waals surface area contributed by atoms with Crippen molar-refractivity contribution in [3.8, 4) is 0 Å². The number of nitrogens with two attached hydrogens (primary N) is 1. The maximum Gasteiger partial charge on any atom is 0.0964 e. The molecule has 66 valence electrons. The molecule has 0 fully saturated rings. The lowest BCUT2D eigenvalue weighted by molar-refractivity contribution is 1.45. The fourth-order valence-corrected chi connectivity index (χ4v) is 0.934. The Kier molecular flexibility index (Phi) is 4.71. The summed E-state index contributed by atoms with van der Waals surface area (Å²) in [6.45, 7) is 1.74. The van der Waals surface area contributed by atoms with Crippen LogP contribution in [0.15, 0.2) is 29.3 Å². The second-order valence-corrected chi connectivity index (χ2v) is 2.67. The highest BCUT2D eigenvalue weighted by Gasteiger charge is 1.89. The first-order valence-corrected chi connectivity index (χ1v) is 3.62. The Morgan fingerprint density at radius 1 is 1.50 bits per heavy atom. The Morgan fingerprint density at radius 2 is 2.17 bits per heavy atom. The highest BCUT2D eigenvalue weighted by molar-refractivity contribution is 6.30. The molecule has 0 aromatic heterocycles. The first-order valence-electron chi connectivity index (χ1n) is 3.25. The molecule has 0 bridgehead atoms. The molecular formula is C8H10Cl2N2. The van der Waals surface area contributed by atoms with Gasteiger partial charge in [0.2, 0.25) is 0 Å². The number of halogens is 2. The summed E-state index contributed by atoms with van der Waals surface area (Å²) in [7, 11) is 0. The van der Waals surface area contributed by atoms with E-state index in [0.717, 1.165) is 5.69 Å². The van der Waals surface area contributed by atoms with Crippen LogP contribution in [0.1, 0.15) is 6.92 Å².